The molecule has 0 aliphatic heterocycles. The van der Waals surface area contributed by atoms with Gasteiger partial charge in [0.05, 0.1) is 6.26 Å². The quantitative estimate of drug-likeness (QED) is 0.522. The Labute approximate surface area is 136 Å². The maximum atomic E-state index is 12.3. The molecule has 0 N–H and O–H groups in total. The number of carbonyl (C=O) groups excluding carboxylic acids is 1. The van der Waals surface area contributed by atoms with Crippen LogP contribution in [0.15, 0.2) is 53.1 Å². The number of aromatic nitrogens is 4. The molecule has 2 heterocycles. The molecule has 0 bridgehead atoms. The Bertz CT molecular complexity index is 891. The number of carbonyl (C=O) groups is 1. The van der Waals surface area contributed by atoms with Crippen LogP contribution in [0.1, 0.15) is 5.76 Å². The second-order valence-electron chi connectivity index (χ2n) is 4.56. The fourth-order valence-electron chi connectivity index (χ4n) is 2.00. The SMILES string of the molecule is N#CCOC(=O)/C(=C\c1ccco1)n1nnnc1-c1ccccc1. The normalized spacial score (nSPS) is 11.0. The molecule has 0 fully saturated rings. The molecular weight excluding hydrogens is 310 g/mol. The van der Waals surface area contributed by atoms with E-state index in [0.29, 0.717) is 11.6 Å². The van der Waals surface area contributed by atoms with Crippen LogP contribution < -0.4 is 0 Å². The first kappa shape index (κ1) is 15.2. The highest BCUT2D eigenvalue weighted by atomic mass is 16.5. The van der Waals surface area contributed by atoms with Gasteiger partial charge in [-0.2, -0.15) is 9.94 Å². The molecule has 118 valence electrons. The number of esters is 1. The van der Waals surface area contributed by atoms with Crippen LogP contribution in [0, 0.1) is 11.3 Å². The fourth-order valence-corrected chi connectivity index (χ4v) is 2.00. The van der Waals surface area contributed by atoms with Crippen molar-refractivity contribution in [2.75, 3.05) is 6.61 Å². The van der Waals surface area contributed by atoms with Crippen molar-refractivity contribution in [1.82, 2.24) is 20.2 Å². The van der Waals surface area contributed by atoms with Crippen LogP contribution in [-0.4, -0.2) is 32.8 Å². The molecule has 8 nitrogen and oxygen atoms in total. The monoisotopic (exact) mass is 321 g/mol. The van der Waals surface area contributed by atoms with Crippen molar-refractivity contribution in [2.45, 2.75) is 0 Å². The van der Waals surface area contributed by atoms with Gasteiger partial charge in [-0.3, -0.25) is 0 Å². The lowest BCUT2D eigenvalue weighted by molar-refractivity contribution is -0.135. The third kappa shape index (κ3) is 3.20. The first-order valence-electron chi connectivity index (χ1n) is 6.93. The molecule has 0 unspecified atom stereocenters. The smallest absolute Gasteiger partial charge is 0.358 e. The number of nitriles is 1. The van der Waals surface area contributed by atoms with Crippen molar-refractivity contribution in [2.24, 2.45) is 0 Å². The predicted molar refractivity (Wildman–Crippen MR) is 82.7 cm³/mol. The van der Waals surface area contributed by atoms with E-state index in [4.69, 9.17) is 14.4 Å². The van der Waals surface area contributed by atoms with E-state index in [1.165, 1.54) is 17.0 Å². The van der Waals surface area contributed by atoms with Gasteiger partial charge in [0.1, 0.15) is 11.8 Å². The van der Waals surface area contributed by atoms with Crippen LogP contribution >= 0.6 is 0 Å². The Kier molecular flexibility index (Phi) is 4.44. The summed E-state index contributed by atoms with van der Waals surface area (Å²) in [6.07, 6.45) is 2.92. The Morgan fingerprint density at radius 2 is 2.12 bits per heavy atom. The third-order valence-electron chi connectivity index (χ3n) is 3.03. The highest BCUT2D eigenvalue weighted by Gasteiger charge is 2.20. The molecular formula is C16H11N5O3. The third-order valence-corrected chi connectivity index (χ3v) is 3.03. The molecule has 24 heavy (non-hydrogen) atoms. The lowest BCUT2D eigenvalue weighted by Gasteiger charge is -2.07. The topological polar surface area (TPSA) is 107 Å². The summed E-state index contributed by atoms with van der Waals surface area (Å²) in [6.45, 7) is -0.378. The number of furan rings is 1. The predicted octanol–water partition coefficient (Wildman–Crippen LogP) is 2.00. The van der Waals surface area contributed by atoms with Crippen LogP contribution in [0.3, 0.4) is 0 Å². The van der Waals surface area contributed by atoms with Crippen molar-refractivity contribution >= 4 is 17.7 Å². The average molecular weight is 321 g/mol. The second kappa shape index (κ2) is 7.02. The molecule has 0 spiro atoms. The van der Waals surface area contributed by atoms with E-state index in [1.807, 2.05) is 30.3 Å². The summed E-state index contributed by atoms with van der Waals surface area (Å²) in [5, 5.41) is 20.1. The van der Waals surface area contributed by atoms with Crippen LogP contribution in [0.2, 0.25) is 0 Å². The number of hydrogen-bond donors (Lipinski definition) is 0. The molecule has 0 saturated carbocycles. The second-order valence-corrected chi connectivity index (χ2v) is 4.56. The molecule has 0 atom stereocenters. The van der Waals surface area contributed by atoms with Gasteiger partial charge in [0.15, 0.2) is 18.1 Å². The number of rotatable bonds is 5. The van der Waals surface area contributed by atoms with Gasteiger partial charge in [-0.1, -0.05) is 30.3 Å². The van der Waals surface area contributed by atoms with Gasteiger partial charge >= 0.3 is 5.97 Å². The number of benzene rings is 1. The molecule has 3 rings (SSSR count). The summed E-state index contributed by atoms with van der Waals surface area (Å²) in [5.74, 6) is 0.0492. The summed E-state index contributed by atoms with van der Waals surface area (Å²) >= 11 is 0. The standard InChI is InChI=1S/C16H11N5O3/c17-8-10-24-16(22)14(11-13-7-4-9-23-13)21-15(18-19-20-21)12-5-2-1-3-6-12/h1-7,9,11H,10H2/b14-11+. The minimum absolute atomic E-state index is 0.0315. The van der Waals surface area contributed by atoms with E-state index in [1.54, 1.807) is 18.2 Å². The number of ether oxygens (including phenoxy) is 1. The minimum Gasteiger partial charge on any atom is -0.465 e. The Balaban J connectivity index is 2.06. The first-order chi connectivity index (χ1) is 11.8. The Morgan fingerprint density at radius 1 is 1.29 bits per heavy atom. The van der Waals surface area contributed by atoms with Crippen LogP contribution in [0.25, 0.3) is 23.2 Å². The Hall–Kier alpha value is -3.73. The number of nitrogens with zero attached hydrogens (tertiary/aromatic N) is 5. The zero-order valence-corrected chi connectivity index (χ0v) is 12.4. The van der Waals surface area contributed by atoms with Crippen molar-refractivity contribution in [3.8, 4) is 17.5 Å². The molecule has 1 aromatic carbocycles. The highest BCUT2D eigenvalue weighted by Crippen LogP contribution is 2.21. The van der Waals surface area contributed by atoms with E-state index >= 15 is 0 Å². The number of hydrogen-bond acceptors (Lipinski definition) is 7. The van der Waals surface area contributed by atoms with Gasteiger partial charge in [0, 0.05) is 11.6 Å². The van der Waals surface area contributed by atoms with Gasteiger partial charge < -0.3 is 9.15 Å². The summed E-state index contributed by atoms with van der Waals surface area (Å²) in [5.41, 5.74) is 0.755. The van der Waals surface area contributed by atoms with E-state index in [-0.39, 0.29) is 12.3 Å². The van der Waals surface area contributed by atoms with Crippen molar-refractivity contribution in [3.05, 3.63) is 54.5 Å². The molecule has 0 aliphatic rings. The molecule has 8 heteroatoms. The van der Waals surface area contributed by atoms with Gasteiger partial charge in [-0.15, -0.1) is 5.10 Å². The maximum Gasteiger partial charge on any atom is 0.358 e. The Morgan fingerprint density at radius 3 is 2.83 bits per heavy atom. The molecule has 0 saturated heterocycles. The van der Waals surface area contributed by atoms with Gasteiger partial charge in [0.2, 0.25) is 0 Å². The lowest BCUT2D eigenvalue weighted by Crippen LogP contribution is -2.15. The van der Waals surface area contributed by atoms with E-state index in [2.05, 4.69) is 15.5 Å². The lowest BCUT2D eigenvalue weighted by atomic mass is 10.2. The van der Waals surface area contributed by atoms with Gasteiger partial charge in [0.25, 0.3) is 0 Å². The molecule has 3 aromatic rings. The van der Waals surface area contributed by atoms with Crippen molar-refractivity contribution in [1.29, 1.82) is 5.26 Å². The largest absolute Gasteiger partial charge is 0.465 e. The van der Waals surface area contributed by atoms with Crippen LogP contribution in [-0.2, 0) is 9.53 Å². The van der Waals surface area contributed by atoms with Crippen LogP contribution in [0.4, 0.5) is 0 Å². The van der Waals surface area contributed by atoms with Gasteiger partial charge in [-0.05, 0) is 22.6 Å². The molecule has 0 radical (unpaired) electrons. The first-order valence-corrected chi connectivity index (χ1v) is 6.93. The highest BCUT2D eigenvalue weighted by molar-refractivity contribution is 6.15. The fraction of sp³-hybridized carbons (Fsp3) is 0.0625. The van der Waals surface area contributed by atoms with E-state index in [9.17, 15) is 4.79 Å². The number of tetrazole rings is 1. The van der Waals surface area contributed by atoms with E-state index in [0.717, 1.165) is 5.56 Å². The summed E-state index contributed by atoms with van der Waals surface area (Å²) in [4.78, 5) is 12.3. The van der Waals surface area contributed by atoms with Crippen molar-refractivity contribution in [3.63, 3.8) is 0 Å². The summed E-state index contributed by atoms with van der Waals surface area (Å²) < 4.78 is 11.4. The maximum absolute atomic E-state index is 12.3. The zero-order chi connectivity index (χ0) is 16.8. The van der Waals surface area contributed by atoms with Crippen molar-refractivity contribution < 1.29 is 13.9 Å². The zero-order valence-electron chi connectivity index (χ0n) is 12.4. The van der Waals surface area contributed by atoms with Gasteiger partial charge in [-0.25, -0.2) is 4.79 Å². The van der Waals surface area contributed by atoms with Crippen LogP contribution in [0.5, 0.6) is 0 Å². The molecule has 2 aromatic heterocycles. The summed E-state index contributed by atoms with van der Waals surface area (Å²) in [6, 6.07) is 14.3. The molecule has 0 aliphatic carbocycles. The minimum atomic E-state index is -0.738. The molecule has 0 amide bonds. The summed E-state index contributed by atoms with van der Waals surface area (Å²) in [7, 11) is 0. The average Bonchev–Trinajstić information content (AvgIpc) is 3.29. The van der Waals surface area contributed by atoms with E-state index < -0.39 is 5.97 Å².